The van der Waals surface area contributed by atoms with Crippen LogP contribution in [0.1, 0.15) is 12.8 Å². The van der Waals surface area contributed by atoms with Gasteiger partial charge < -0.3 is 10.5 Å². The van der Waals surface area contributed by atoms with Gasteiger partial charge in [-0.2, -0.15) is 0 Å². The van der Waals surface area contributed by atoms with Crippen molar-refractivity contribution in [3.8, 4) is 0 Å². The molecular formula is C6H11NO. The van der Waals surface area contributed by atoms with Crippen LogP contribution >= 0.6 is 0 Å². The molecule has 2 rings (SSSR count). The first-order chi connectivity index (χ1) is 3.86. The maximum Gasteiger partial charge on any atom is 0.0594 e. The predicted molar refractivity (Wildman–Crippen MR) is 30.4 cm³/mol. The van der Waals surface area contributed by atoms with E-state index in [0.717, 1.165) is 13.0 Å². The van der Waals surface area contributed by atoms with E-state index in [1.807, 2.05) is 0 Å². The second kappa shape index (κ2) is 1.45. The van der Waals surface area contributed by atoms with E-state index in [2.05, 4.69) is 0 Å². The average Bonchev–Trinajstić information content (AvgIpc) is 2.23. The molecule has 2 fully saturated rings. The lowest BCUT2D eigenvalue weighted by molar-refractivity contribution is 0.0694. The third kappa shape index (κ3) is 0.501. The summed E-state index contributed by atoms with van der Waals surface area (Å²) in [6, 6.07) is 0.453. The highest BCUT2D eigenvalue weighted by Crippen LogP contribution is 2.33. The fourth-order valence-corrected chi connectivity index (χ4v) is 1.69. The number of fused-ring (bicyclic) bond motifs is 2. The minimum Gasteiger partial charge on any atom is -0.378 e. The molecule has 0 amide bonds. The Hall–Kier alpha value is -0.0800. The molecule has 3 atom stereocenters. The van der Waals surface area contributed by atoms with Crippen molar-refractivity contribution in [2.24, 2.45) is 11.7 Å². The summed E-state index contributed by atoms with van der Waals surface area (Å²) in [5, 5.41) is 0. The Morgan fingerprint density at radius 2 is 2.25 bits per heavy atom. The zero-order chi connectivity index (χ0) is 5.56. The third-order valence-electron chi connectivity index (χ3n) is 2.25. The molecule has 2 nitrogen and oxygen atoms in total. The van der Waals surface area contributed by atoms with Crippen LogP contribution in [0.3, 0.4) is 0 Å². The summed E-state index contributed by atoms with van der Waals surface area (Å²) in [5.74, 6) is 0.694. The predicted octanol–water partition coefficient (Wildman–Crippen LogP) is 0.122. The van der Waals surface area contributed by atoms with Gasteiger partial charge in [0, 0.05) is 6.04 Å². The molecule has 8 heavy (non-hydrogen) atoms. The Morgan fingerprint density at radius 3 is 2.50 bits per heavy atom. The number of ether oxygens (including phenoxy) is 1. The zero-order valence-electron chi connectivity index (χ0n) is 4.84. The lowest BCUT2D eigenvalue weighted by Gasteiger charge is -2.16. The van der Waals surface area contributed by atoms with Crippen molar-refractivity contribution in [2.45, 2.75) is 25.0 Å². The molecule has 2 bridgehead atoms. The first-order valence-corrected chi connectivity index (χ1v) is 3.23. The van der Waals surface area contributed by atoms with Crippen molar-refractivity contribution in [1.82, 2.24) is 0 Å². The first kappa shape index (κ1) is 4.77. The van der Waals surface area contributed by atoms with Gasteiger partial charge in [-0.05, 0) is 18.8 Å². The molecule has 0 unspecified atom stereocenters. The second-order valence-electron chi connectivity index (χ2n) is 2.85. The lowest BCUT2D eigenvalue weighted by atomic mass is 10.1. The molecule has 1 saturated heterocycles. The van der Waals surface area contributed by atoms with E-state index < -0.39 is 0 Å². The molecule has 2 heteroatoms. The highest BCUT2D eigenvalue weighted by atomic mass is 16.5. The van der Waals surface area contributed by atoms with Gasteiger partial charge >= 0.3 is 0 Å². The summed E-state index contributed by atoms with van der Waals surface area (Å²) >= 11 is 0. The molecule has 1 aliphatic carbocycles. The van der Waals surface area contributed by atoms with E-state index in [4.69, 9.17) is 10.5 Å². The fourth-order valence-electron chi connectivity index (χ4n) is 1.69. The van der Waals surface area contributed by atoms with Crippen LogP contribution in [0.5, 0.6) is 0 Å². The van der Waals surface area contributed by atoms with Crippen LogP contribution in [0.2, 0.25) is 0 Å². The highest BCUT2D eigenvalue weighted by Gasteiger charge is 2.38. The number of hydrogen-bond acceptors (Lipinski definition) is 2. The van der Waals surface area contributed by atoms with E-state index in [1.54, 1.807) is 0 Å². The summed E-state index contributed by atoms with van der Waals surface area (Å²) in [7, 11) is 0. The molecular weight excluding hydrogens is 102 g/mol. The van der Waals surface area contributed by atoms with E-state index in [1.165, 1.54) is 6.42 Å². The van der Waals surface area contributed by atoms with Gasteiger partial charge in [-0.15, -0.1) is 0 Å². The Morgan fingerprint density at radius 1 is 1.38 bits per heavy atom. The van der Waals surface area contributed by atoms with Gasteiger partial charge in [0.1, 0.15) is 0 Å². The number of hydrogen-bond donors (Lipinski definition) is 1. The molecule has 2 aliphatic rings. The van der Waals surface area contributed by atoms with Crippen LogP contribution in [0.15, 0.2) is 0 Å². The summed E-state index contributed by atoms with van der Waals surface area (Å²) in [6.07, 6.45) is 2.85. The Labute approximate surface area is 49.0 Å². The molecule has 1 aliphatic heterocycles. The monoisotopic (exact) mass is 113 g/mol. The van der Waals surface area contributed by atoms with Crippen LogP contribution in [-0.2, 0) is 4.74 Å². The maximum atomic E-state index is 5.74. The lowest BCUT2D eigenvalue weighted by Crippen LogP contribution is -2.30. The molecule has 2 N–H and O–H groups in total. The van der Waals surface area contributed by atoms with Crippen molar-refractivity contribution >= 4 is 0 Å². The van der Waals surface area contributed by atoms with Crippen LogP contribution in [-0.4, -0.2) is 18.8 Å². The smallest absolute Gasteiger partial charge is 0.0594 e. The normalized spacial score (nSPS) is 52.9. The number of nitrogens with two attached hydrogens (primary N) is 1. The van der Waals surface area contributed by atoms with Gasteiger partial charge in [-0.1, -0.05) is 0 Å². The van der Waals surface area contributed by atoms with Gasteiger partial charge in [0.05, 0.1) is 12.7 Å². The maximum absolute atomic E-state index is 5.74. The van der Waals surface area contributed by atoms with Crippen molar-refractivity contribution in [3.05, 3.63) is 0 Å². The van der Waals surface area contributed by atoms with Crippen LogP contribution in [0.4, 0.5) is 0 Å². The SMILES string of the molecule is N[C@@H]1C[C@H]2C[C@@H]1CO2. The molecule has 1 saturated carbocycles. The van der Waals surface area contributed by atoms with Gasteiger partial charge in [-0.25, -0.2) is 0 Å². The first-order valence-electron chi connectivity index (χ1n) is 3.23. The quantitative estimate of drug-likeness (QED) is 0.484. The molecule has 0 aromatic heterocycles. The van der Waals surface area contributed by atoms with Gasteiger partial charge in [0.25, 0.3) is 0 Å². The van der Waals surface area contributed by atoms with Crippen molar-refractivity contribution in [2.75, 3.05) is 6.61 Å². The van der Waals surface area contributed by atoms with E-state index in [-0.39, 0.29) is 0 Å². The van der Waals surface area contributed by atoms with Gasteiger partial charge in [0.15, 0.2) is 0 Å². The summed E-state index contributed by atoms with van der Waals surface area (Å²) < 4.78 is 5.34. The second-order valence-corrected chi connectivity index (χ2v) is 2.85. The molecule has 0 spiro atoms. The zero-order valence-corrected chi connectivity index (χ0v) is 4.84. The van der Waals surface area contributed by atoms with Gasteiger partial charge in [-0.3, -0.25) is 0 Å². The topological polar surface area (TPSA) is 35.2 Å². The Bertz CT molecular complexity index is 103. The minimum atomic E-state index is 0.453. The van der Waals surface area contributed by atoms with E-state index in [9.17, 15) is 0 Å². The number of rotatable bonds is 0. The Balaban J connectivity index is 2.11. The van der Waals surface area contributed by atoms with Crippen LogP contribution < -0.4 is 5.73 Å². The molecule has 46 valence electrons. The van der Waals surface area contributed by atoms with E-state index in [0.29, 0.717) is 18.1 Å². The van der Waals surface area contributed by atoms with Crippen LogP contribution in [0, 0.1) is 5.92 Å². The van der Waals surface area contributed by atoms with E-state index >= 15 is 0 Å². The summed E-state index contributed by atoms with van der Waals surface area (Å²) in [5.41, 5.74) is 5.74. The largest absolute Gasteiger partial charge is 0.378 e. The van der Waals surface area contributed by atoms with Gasteiger partial charge in [0.2, 0.25) is 0 Å². The molecule has 0 aromatic carbocycles. The van der Waals surface area contributed by atoms with Crippen molar-refractivity contribution < 1.29 is 4.74 Å². The Kier molecular flexibility index (Phi) is 0.866. The molecule has 0 aromatic rings. The van der Waals surface area contributed by atoms with Crippen molar-refractivity contribution in [1.29, 1.82) is 0 Å². The minimum absolute atomic E-state index is 0.453. The van der Waals surface area contributed by atoms with Crippen LogP contribution in [0.25, 0.3) is 0 Å². The average molecular weight is 113 g/mol. The van der Waals surface area contributed by atoms with Crippen molar-refractivity contribution in [3.63, 3.8) is 0 Å². The summed E-state index contributed by atoms with van der Waals surface area (Å²) in [4.78, 5) is 0. The molecule has 1 heterocycles. The summed E-state index contributed by atoms with van der Waals surface area (Å²) in [6.45, 7) is 0.922. The molecule has 0 radical (unpaired) electrons. The highest BCUT2D eigenvalue weighted by molar-refractivity contribution is 4.91. The fraction of sp³-hybridized carbons (Fsp3) is 1.00. The standard InChI is InChI=1S/C6H11NO/c7-6-2-5-1-4(6)3-8-5/h4-6H,1-3,7H2/t4-,5-,6-/m1/s1. The third-order valence-corrected chi connectivity index (χ3v) is 2.25.